The summed E-state index contributed by atoms with van der Waals surface area (Å²) < 4.78 is 0.830. The predicted molar refractivity (Wildman–Crippen MR) is 55.4 cm³/mol. The highest BCUT2D eigenvalue weighted by Gasteiger charge is 2.05. The molecule has 70 valence electrons. The first kappa shape index (κ1) is 10.5. The largest absolute Gasteiger partial charge is 0.344 e. The van der Waals surface area contributed by atoms with Crippen LogP contribution in [0.25, 0.3) is 0 Å². The topological polar surface area (TPSA) is 63.7 Å². The number of nitriles is 2. The van der Waals surface area contributed by atoms with Crippen LogP contribution in [0, 0.1) is 22.7 Å². The molecule has 0 fully saturated rings. The maximum Gasteiger partial charge on any atom is 0.107 e. The Morgan fingerprint density at radius 1 is 1.29 bits per heavy atom. The average Bonchev–Trinajstić information content (AvgIpc) is 2.17. The zero-order valence-electron chi connectivity index (χ0n) is 7.31. The van der Waals surface area contributed by atoms with Gasteiger partial charge in [0.15, 0.2) is 0 Å². The lowest BCUT2D eigenvalue weighted by Crippen LogP contribution is -2.23. The number of anilines is 1. The number of rotatable bonds is 3. The van der Waals surface area contributed by atoms with E-state index in [0.717, 1.165) is 10.2 Å². The van der Waals surface area contributed by atoms with Gasteiger partial charge in [0.05, 0.1) is 24.0 Å². The van der Waals surface area contributed by atoms with Crippen molar-refractivity contribution in [1.82, 2.24) is 4.98 Å². The normalized spacial score (nSPS) is 8.79. The zero-order chi connectivity index (χ0) is 10.4. The first-order valence-electron chi connectivity index (χ1n) is 3.87. The summed E-state index contributed by atoms with van der Waals surface area (Å²) in [6.07, 6.45) is 3.28. The summed E-state index contributed by atoms with van der Waals surface area (Å²) in [6.45, 7) is 0.372. The molecule has 0 amide bonds. The smallest absolute Gasteiger partial charge is 0.107 e. The summed E-state index contributed by atoms with van der Waals surface area (Å²) in [5, 5.41) is 17.1. The molecule has 0 aromatic carbocycles. The Balaban J connectivity index is 2.89. The van der Waals surface area contributed by atoms with Gasteiger partial charge < -0.3 is 4.90 Å². The lowest BCUT2D eigenvalue weighted by atomic mass is 10.3. The van der Waals surface area contributed by atoms with E-state index in [1.54, 1.807) is 17.3 Å². The van der Waals surface area contributed by atoms with Crippen molar-refractivity contribution in [2.24, 2.45) is 0 Å². The minimum absolute atomic E-state index is 0.186. The molecule has 1 aromatic heterocycles. The summed E-state index contributed by atoms with van der Waals surface area (Å²) in [6, 6.07) is 5.83. The van der Waals surface area contributed by atoms with Crippen LogP contribution in [0.15, 0.2) is 22.9 Å². The van der Waals surface area contributed by atoms with Crippen LogP contribution in [0.5, 0.6) is 0 Å². The molecule has 0 spiro atoms. The molecule has 0 atom stereocenters. The second-order valence-corrected chi connectivity index (χ2v) is 3.45. The molecule has 1 aromatic rings. The molecule has 0 radical (unpaired) electrons. The van der Waals surface area contributed by atoms with Gasteiger partial charge in [-0.3, -0.25) is 4.98 Å². The summed E-state index contributed by atoms with van der Waals surface area (Å²) in [5.41, 5.74) is 0.766. The Labute approximate surface area is 90.5 Å². The molecule has 4 nitrogen and oxygen atoms in total. The highest BCUT2D eigenvalue weighted by molar-refractivity contribution is 9.10. The standard InChI is InChI=1S/C9H7BrN4/c10-8-5-9(7-13-6-8)14(3-1-11)4-2-12/h5-7H,3-4H2. The van der Waals surface area contributed by atoms with Gasteiger partial charge in [-0.25, -0.2) is 0 Å². The maximum absolute atomic E-state index is 8.56. The molecule has 0 aliphatic rings. The molecule has 0 saturated carbocycles. The van der Waals surface area contributed by atoms with E-state index in [1.165, 1.54) is 0 Å². The molecule has 1 heterocycles. The molecule has 0 bridgehead atoms. The van der Waals surface area contributed by atoms with Crippen LogP contribution in [-0.4, -0.2) is 18.1 Å². The molecule has 0 aliphatic heterocycles. The van der Waals surface area contributed by atoms with Crippen molar-refractivity contribution in [3.63, 3.8) is 0 Å². The fraction of sp³-hybridized carbons (Fsp3) is 0.222. The van der Waals surface area contributed by atoms with Crippen LogP contribution in [0.4, 0.5) is 5.69 Å². The highest BCUT2D eigenvalue weighted by atomic mass is 79.9. The van der Waals surface area contributed by atoms with E-state index in [-0.39, 0.29) is 13.1 Å². The quantitative estimate of drug-likeness (QED) is 0.767. The van der Waals surface area contributed by atoms with E-state index in [2.05, 4.69) is 20.9 Å². The highest BCUT2D eigenvalue weighted by Crippen LogP contribution is 2.17. The van der Waals surface area contributed by atoms with Crippen LogP contribution < -0.4 is 4.90 Å². The molecular formula is C9H7BrN4. The molecule has 0 aliphatic carbocycles. The van der Waals surface area contributed by atoms with Crippen LogP contribution in [0.1, 0.15) is 0 Å². The van der Waals surface area contributed by atoms with Gasteiger partial charge in [-0.2, -0.15) is 10.5 Å². The predicted octanol–water partition coefficient (Wildman–Crippen LogP) is 1.70. The van der Waals surface area contributed by atoms with Crippen molar-refractivity contribution >= 4 is 21.6 Å². The van der Waals surface area contributed by atoms with Crippen LogP contribution in [-0.2, 0) is 0 Å². The Morgan fingerprint density at radius 2 is 1.93 bits per heavy atom. The maximum atomic E-state index is 8.56. The Bertz CT molecular complexity index is 375. The van der Waals surface area contributed by atoms with Gasteiger partial charge >= 0.3 is 0 Å². The Morgan fingerprint density at radius 3 is 2.43 bits per heavy atom. The van der Waals surface area contributed by atoms with Crippen molar-refractivity contribution in [2.45, 2.75) is 0 Å². The Hall–Kier alpha value is -1.59. The molecule has 0 N–H and O–H groups in total. The molecule has 0 saturated heterocycles. The third-order valence-electron chi connectivity index (χ3n) is 1.58. The minimum atomic E-state index is 0.186. The number of pyridine rings is 1. The van der Waals surface area contributed by atoms with Crippen LogP contribution >= 0.6 is 15.9 Å². The monoisotopic (exact) mass is 250 g/mol. The molecule has 14 heavy (non-hydrogen) atoms. The average molecular weight is 251 g/mol. The fourth-order valence-electron chi connectivity index (χ4n) is 0.983. The third-order valence-corrected chi connectivity index (χ3v) is 2.01. The van der Waals surface area contributed by atoms with Gasteiger partial charge in [0.25, 0.3) is 0 Å². The molecular weight excluding hydrogens is 244 g/mol. The third kappa shape index (κ3) is 2.72. The van der Waals surface area contributed by atoms with E-state index in [0.29, 0.717) is 0 Å². The van der Waals surface area contributed by atoms with Crippen molar-refractivity contribution in [3.8, 4) is 12.1 Å². The second-order valence-electron chi connectivity index (χ2n) is 2.53. The van der Waals surface area contributed by atoms with E-state index in [1.807, 2.05) is 18.2 Å². The summed E-state index contributed by atoms with van der Waals surface area (Å²) in [4.78, 5) is 5.61. The number of halogens is 1. The summed E-state index contributed by atoms with van der Waals surface area (Å²) >= 11 is 3.28. The van der Waals surface area contributed by atoms with Gasteiger partial charge in [0, 0.05) is 10.7 Å². The van der Waals surface area contributed by atoms with Crippen molar-refractivity contribution in [1.29, 1.82) is 10.5 Å². The summed E-state index contributed by atoms with van der Waals surface area (Å²) in [7, 11) is 0. The van der Waals surface area contributed by atoms with Gasteiger partial charge in [-0.1, -0.05) is 0 Å². The van der Waals surface area contributed by atoms with E-state index >= 15 is 0 Å². The molecule has 0 unspecified atom stereocenters. The fourth-order valence-corrected chi connectivity index (χ4v) is 1.34. The number of aromatic nitrogens is 1. The Kier molecular flexibility index (Phi) is 3.90. The van der Waals surface area contributed by atoms with E-state index in [9.17, 15) is 0 Å². The lowest BCUT2D eigenvalue weighted by Gasteiger charge is -2.17. The van der Waals surface area contributed by atoms with Gasteiger partial charge in [0.1, 0.15) is 13.1 Å². The molecule has 1 rings (SSSR count). The van der Waals surface area contributed by atoms with Crippen molar-refractivity contribution in [3.05, 3.63) is 22.9 Å². The van der Waals surface area contributed by atoms with Gasteiger partial charge in [-0.15, -0.1) is 0 Å². The number of nitrogens with zero attached hydrogens (tertiary/aromatic N) is 4. The zero-order valence-corrected chi connectivity index (χ0v) is 8.90. The first-order chi connectivity index (χ1) is 6.77. The SMILES string of the molecule is N#CCN(CC#N)c1cncc(Br)c1. The van der Waals surface area contributed by atoms with E-state index < -0.39 is 0 Å². The lowest BCUT2D eigenvalue weighted by molar-refractivity contribution is 0.958. The van der Waals surface area contributed by atoms with Crippen LogP contribution in [0.3, 0.4) is 0 Å². The summed E-state index contributed by atoms with van der Waals surface area (Å²) in [5.74, 6) is 0. The van der Waals surface area contributed by atoms with Gasteiger partial charge in [0.2, 0.25) is 0 Å². The minimum Gasteiger partial charge on any atom is -0.344 e. The van der Waals surface area contributed by atoms with Crippen molar-refractivity contribution in [2.75, 3.05) is 18.0 Å². The van der Waals surface area contributed by atoms with Crippen molar-refractivity contribution < 1.29 is 0 Å². The molecule has 5 heteroatoms. The van der Waals surface area contributed by atoms with Crippen LogP contribution in [0.2, 0.25) is 0 Å². The number of hydrogen-bond acceptors (Lipinski definition) is 4. The van der Waals surface area contributed by atoms with E-state index in [4.69, 9.17) is 10.5 Å². The first-order valence-corrected chi connectivity index (χ1v) is 4.66. The second kappa shape index (κ2) is 5.21. The number of hydrogen-bond donors (Lipinski definition) is 0. The van der Waals surface area contributed by atoms with Gasteiger partial charge in [-0.05, 0) is 22.0 Å².